The number of aliphatic hydroxyl groups is 1. The zero-order valence-electron chi connectivity index (χ0n) is 6.09. The van der Waals surface area contributed by atoms with Crippen LogP contribution < -0.4 is 5.32 Å². The summed E-state index contributed by atoms with van der Waals surface area (Å²) in [6.45, 7) is 7.81. The van der Waals surface area contributed by atoms with Crippen LogP contribution in [-0.2, 0) is 0 Å². The minimum absolute atomic E-state index is 0.0227. The standard InChI is InChI=1S/C7H15NO/c1-4-7(6(2)3)8-5-9/h4,6-9H,1,5H2,2-3H3. The molecule has 0 saturated carbocycles. The first kappa shape index (κ1) is 8.66. The smallest absolute Gasteiger partial charge is 0.0936 e. The van der Waals surface area contributed by atoms with Crippen molar-refractivity contribution < 1.29 is 5.11 Å². The van der Waals surface area contributed by atoms with Crippen molar-refractivity contribution in [1.82, 2.24) is 5.32 Å². The largest absolute Gasteiger partial charge is 0.381 e. The normalized spacial score (nSPS) is 13.8. The number of aliphatic hydroxyl groups excluding tert-OH is 1. The van der Waals surface area contributed by atoms with Gasteiger partial charge < -0.3 is 5.11 Å². The summed E-state index contributed by atoms with van der Waals surface area (Å²) >= 11 is 0. The van der Waals surface area contributed by atoms with E-state index in [1.165, 1.54) is 0 Å². The Balaban J connectivity index is 3.54. The van der Waals surface area contributed by atoms with Crippen molar-refractivity contribution in [3.63, 3.8) is 0 Å². The first-order chi connectivity index (χ1) is 4.22. The molecular weight excluding hydrogens is 114 g/mol. The van der Waals surface area contributed by atoms with E-state index in [1.807, 2.05) is 0 Å². The second kappa shape index (κ2) is 4.53. The third-order valence-electron chi connectivity index (χ3n) is 1.30. The first-order valence-electron chi connectivity index (χ1n) is 3.19. The van der Waals surface area contributed by atoms with Gasteiger partial charge in [-0.15, -0.1) is 6.58 Å². The average Bonchev–Trinajstić information content (AvgIpc) is 1.82. The lowest BCUT2D eigenvalue weighted by Gasteiger charge is -2.15. The Morgan fingerprint density at radius 1 is 1.67 bits per heavy atom. The van der Waals surface area contributed by atoms with E-state index in [0.29, 0.717) is 5.92 Å². The summed E-state index contributed by atoms with van der Waals surface area (Å²) in [6.07, 6.45) is 1.81. The topological polar surface area (TPSA) is 32.3 Å². The van der Waals surface area contributed by atoms with Gasteiger partial charge >= 0.3 is 0 Å². The molecule has 0 aromatic heterocycles. The third-order valence-corrected chi connectivity index (χ3v) is 1.30. The van der Waals surface area contributed by atoms with Gasteiger partial charge in [0.25, 0.3) is 0 Å². The van der Waals surface area contributed by atoms with Crippen LogP contribution in [0.15, 0.2) is 12.7 Å². The van der Waals surface area contributed by atoms with Gasteiger partial charge in [0.2, 0.25) is 0 Å². The number of hydrogen-bond acceptors (Lipinski definition) is 2. The molecule has 0 aromatic carbocycles. The van der Waals surface area contributed by atoms with Crippen molar-refractivity contribution in [2.24, 2.45) is 5.92 Å². The van der Waals surface area contributed by atoms with Gasteiger partial charge in [0, 0.05) is 6.04 Å². The molecule has 0 aromatic rings. The van der Waals surface area contributed by atoms with Gasteiger partial charge in [0.05, 0.1) is 6.73 Å². The highest BCUT2D eigenvalue weighted by Gasteiger charge is 2.05. The van der Waals surface area contributed by atoms with Crippen molar-refractivity contribution >= 4 is 0 Å². The van der Waals surface area contributed by atoms with Crippen molar-refractivity contribution in [2.75, 3.05) is 6.73 Å². The van der Waals surface area contributed by atoms with E-state index in [2.05, 4.69) is 25.7 Å². The summed E-state index contributed by atoms with van der Waals surface area (Å²) in [5, 5.41) is 11.3. The maximum Gasteiger partial charge on any atom is 0.0936 e. The van der Waals surface area contributed by atoms with Crippen LogP contribution in [0.25, 0.3) is 0 Å². The molecule has 0 radical (unpaired) electrons. The predicted octanol–water partition coefficient (Wildman–Crippen LogP) is 0.736. The Morgan fingerprint density at radius 2 is 2.22 bits per heavy atom. The number of hydrogen-bond donors (Lipinski definition) is 2. The molecule has 0 rings (SSSR count). The molecule has 2 heteroatoms. The van der Waals surface area contributed by atoms with E-state index < -0.39 is 0 Å². The van der Waals surface area contributed by atoms with E-state index in [4.69, 9.17) is 5.11 Å². The maximum absolute atomic E-state index is 8.46. The SMILES string of the molecule is C=CC(NCO)C(C)C. The summed E-state index contributed by atoms with van der Waals surface area (Å²) < 4.78 is 0. The molecule has 0 bridgehead atoms. The van der Waals surface area contributed by atoms with Crippen LogP contribution in [0.1, 0.15) is 13.8 Å². The van der Waals surface area contributed by atoms with Gasteiger partial charge in [-0.05, 0) is 5.92 Å². The van der Waals surface area contributed by atoms with Crippen molar-refractivity contribution in [3.05, 3.63) is 12.7 Å². The van der Waals surface area contributed by atoms with Gasteiger partial charge in [-0.1, -0.05) is 19.9 Å². The zero-order valence-corrected chi connectivity index (χ0v) is 6.09. The summed E-state index contributed by atoms with van der Waals surface area (Å²) in [5.74, 6) is 0.495. The minimum Gasteiger partial charge on any atom is -0.381 e. The highest BCUT2D eigenvalue weighted by atomic mass is 16.3. The van der Waals surface area contributed by atoms with Crippen LogP contribution in [0.5, 0.6) is 0 Å². The maximum atomic E-state index is 8.46. The van der Waals surface area contributed by atoms with Crippen molar-refractivity contribution in [1.29, 1.82) is 0 Å². The lowest BCUT2D eigenvalue weighted by Crippen LogP contribution is -2.32. The van der Waals surface area contributed by atoms with E-state index in [9.17, 15) is 0 Å². The Bertz CT molecular complexity index is 81.0. The highest BCUT2D eigenvalue weighted by Crippen LogP contribution is 2.00. The third kappa shape index (κ3) is 3.27. The number of nitrogens with one attached hydrogen (secondary N) is 1. The molecule has 0 aliphatic rings. The molecule has 0 saturated heterocycles. The molecule has 0 aliphatic heterocycles. The molecule has 0 heterocycles. The average molecular weight is 129 g/mol. The molecule has 2 nitrogen and oxygen atoms in total. The quantitative estimate of drug-likeness (QED) is 0.433. The van der Waals surface area contributed by atoms with Crippen molar-refractivity contribution in [3.8, 4) is 0 Å². The molecule has 54 valence electrons. The van der Waals surface area contributed by atoms with Crippen LogP contribution in [-0.4, -0.2) is 17.9 Å². The lowest BCUT2D eigenvalue weighted by atomic mass is 10.1. The van der Waals surface area contributed by atoms with Crippen LogP contribution in [0.3, 0.4) is 0 Å². The van der Waals surface area contributed by atoms with Gasteiger partial charge in [0.1, 0.15) is 0 Å². The van der Waals surface area contributed by atoms with Gasteiger partial charge in [0.15, 0.2) is 0 Å². The monoisotopic (exact) mass is 129 g/mol. The van der Waals surface area contributed by atoms with Gasteiger partial charge in [-0.2, -0.15) is 0 Å². The molecule has 0 spiro atoms. The molecular formula is C7H15NO. The number of rotatable bonds is 4. The fourth-order valence-electron chi connectivity index (χ4n) is 0.697. The molecule has 9 heavy (non-hydrogen) atoms. The Morgan fingerprint density at radius 3 is 2.33 bits per heavy atom. The Labute approximate surface area is 56.6 Å². The summed E-state index contributed by atoms with van der Waals surface area (Å²) in [7, 11) is 0. The molecule has 2 N–H and O–H groups in total. The highest BCUT2D eigenvalue weighted by molar-refractivity contribution is 4.86. The zero-order chi connectivity index (χ0) is 7.28. The minimum atomic E-state index is 0.0227. The van der Waals surface area contributed by atoms with Crippen LogP contribution in [0.4, 0.5) is 0 Å². The second-order valence-electron chi connectivity index (χ2n) is 2.37. The van der Waals surface area contributed by atoms with Crippen LogP contribution in [0.2, 0.25) is 0 Å². The summed E-state index contributed by atoms with van der Waals surface area (Å²) in [5.41, 5.74) is 0. The van der Waals surface area contributed by atoms with E-state index >= 15 is 0 Å². The second-order valence-corrected chi connectivity index (χ2v) is 2.37. The molecule has 0 fully saturated rings. The molecule has 0 aliphatic carbocycles. The van der Waals surface area contributed by atoms with Crippen LogP contribution >= 0.6 is 0 Å². The van der Waals surface area contributed by atoms with E-state index in [1.54, 1.807) is 6.08 Å². The first-order valence-corrected chi connectivity index (χ1v) is 3.19. The van der Waals surface area contributed by atoms with Crippen LogP contribution in [0, 0.1) is 5.92 Å². The lowest BCUT2D eigenvalue weighted by molar-refractivity contribution is 0.237. The predicted molar refractivity (Wildman–Crippen MR) is 39.0 cm³/mol. The molecule has 0 amide bonds. The Hall–Kier alpha value is -0.340. The summed E-state index contributed by atoms with van der Waals surface area (Å²) in [6, 6.07) is 0.231. The van der Waals surface area contributed by atoms with E-state index in [0.717, 1.165) is 0 Å². The fourth-order valence-corrected chi connectivity index (χ4v) is 0.697. The van der Waals surface area contributed by atoms with Crippen molar-refractivity contribution in [2.45, 2.75) is 19.9 Å². The fraction of sp³-hybridized carbons (Fsp3) is 0.714. The molecule has 1 atom stereocenters. The summed E-state index contributed by atoms with van der Waals surface area (Å²) in [4.78, 5) is 0. The van der Waals surface area contributed by atoms with Gasteiger partial charge in [-0.25, -0.2) is 0 Å². The molecule has 1 unspecified atom stereocenters. The van der Waals surface area contributed by atoms with Gasteiger partial charge in [-0.3, -0.25) is 5.32 Å². The Kier molecular flexibility index (Phi) is 4.36. The van der Waals surface area contributed by atoms with E-state index in [-0.39, 0.29) is 12.8 Å².